The second kappa shape index (κ2) is 2.99. The van der Waals surface area contributed by atoms with Crippen LogP contribution in [0.2, 0.25) is 0 Å². The molecule has 1 fully saturated rings. The van der Waals surface area contributed by atoms with Crippen LogP contribution in [0, 0.1) is 11.8 Å². The molecule has 66 valence electrons. The van der Waals surface area contributed by atoms with Gasteiger partial charge in [0.05, 0.1) is 12.2 Å². The Morgan fingerprint density at radius 3 is 2.58 bits per heavy atom. The standard InChI is InChI=1S/C9H12O3/c10-4-3-6-7(5-11)9-2-1-8(6)12-9/h1-2,4,6-9,11H,3,5H2. The number of carbonyl (C=O) groups excluding carboxylic acids is 1. The highest BCUT2D eigenvalue weighted by Crippen LogP contribution is 2.39. The molecule has 4 atom stereocenters. The van der Waals surface area contributed by atoms with Crippen molar-refractivity contribution in [3.8, 4) is 0 Å². The van der Waals surface area contributed by atoms with Gasteiger partial charge in [0, 0.05) is 24.9 Å². The Morgan fingerprint density at radius 2 is 2.00 bits per heavy atom. The number of carbonyl (C=O) groups is 1. The summed E-state index contributed by atoms with van der Waals surface area (Å²) in [5, 5.41) is 9.06. The van der Waals surface area contributed by atoms with Crippen LogP contribution in [-0.4, -0.2) is 30.2 Å². The number of ether oxygens (including phenoxy) is 1. The van der Waals surface area contributed by atoms with E-state index in [9.17, 15) is 4.79 Å². The molecule has 2 rings (SSSR count). The van der Waals surface area contributed by atoms with Crippen LogP contribution in [0.4, 0.5) is 0 Å². The van der Waals surface area contributed by atoms with E-state index in [1.54, 1.807) is 0 Å². The first kappa shape index (κ1) is 7.95. The Kier molecular flexibility index (Phi) is 1.98. The zero-order valence-electron chi connectivity index (χ0n) is 6.72. The molecule has 1 saturated heterocycles. The molecule has 0 aliphatic carbocycles. The minimum atomic E-state index is 0.0462. The minimum Gasteiger partial charge on any atom is -0.396 e. The number of hydrogen-bond donors (Lipinski definition) is 1. The van der Waals surface area contributed by atoms with Crippen LogP contribution in [0.25, 0.3) is 0 Å². The molecule has 2 heterocycles. The van der Waals surface area contributed by atoms with Gasteiger partial charge in [0.25, 0.3) is 0 Å². The zero-order valence-corrected chi connectivity index (χ0v) is 6.72. The molecule has 3 nitrogen and oxygen atoms in total. The summed E-state index contributed by atoms with van der Waals surface area (Å²) in [6.07, 6.45) is 5.49. The number of aliphatic hydroxyl groups is 1. The van der Waals surface area contributed by atoms with Crippen molar-refractivity contribution in [1.82, 2.24) is 0 Å². The van der Waals surface area contributed by atoms with Crippen LogP contribution >= 0.6 is 0 Å². The van der Waals surface area contributed by atoms with Gasteiger partial charge in [-0.25, -0.2) is 0 Å². The first-order valence-corrected chi connectivity index (χ1v) is 4.25. The zero-order chi connectivity index (χ0) is 8.55. The molecule has 4 unspecified atom stereocenters. The number of fused-ring (bicyclic) bond motifs is 2. The molecule has 12 heavy (non-hydrogen) atoms. The van der Waals surface area contributed by atoms with E-state index in [4.69, 9.17) is 9.84 Å². The number of aliphatic hydroxyl groups excluding tert-OH is 1. The number of rotatable bonds is 3. The molecular weight excluding hydrogens is 156 g/mol. The van der Waals surface area contributed by atoms with Crippen molar-refractivity contribution >= 4 is 6.29 Å². The third kappa shape index (κ3) is 1.01. The highest BCUT2D eigenvalue weighted by molar-refractivity contribution is 5.50. The lowest BCUT2D eigenvalue weighted by atomic mass is 9.82. The molecule has 0 spiro atoms. The van der Waals surface area contributed by atoms with E-state index in [-0.39, 0.29) is 30.7 Å². The van der Waals surface area contributed by atoms with E-state index in [0.29, 0.717) is 6.42 Å². The summed E-state index contributed by atoms with van der Waals surface area (Å²) in [4.78, 5) is 10.3. The number of aldehydes is 1. The number of hydrogen-bond acceptors (Lipinski definition) is 3. The molecule has 2 bridgehead atoms. The Bertz CT molecular complexity index is 212. The summed E-state index contributed by atoms with van der Waals surface area (Å²) in [7, 11) is 0. The summed E-state index contributed by atoms with van der Waals surface area (Å²) in [6, 6.07) is 0. The van der Waals surface area contributed by atoms with Crippen LogP contribution in [0.1, 0.15) is 6.42 Å². The second-order valence-electron chi connectivity index (χ2n) is 3.36. The molecule has 2 aliphatic rings. The summed E-state index contributed by atoms with van der Waals surface area (Å²) in [6.45, 7) is 0.115. The summed E-state index contributed by atoms with van der Waals surface area (Å²) < 4.78 is 5.51. The molecule has 0 radical (unpaired) electrons. The van der Waals surface area contributed by atoms with Crippen molar-refractivity contribution in [3.05, 3.63) is 12.2 Å². The molecule has 0 aromatic rings. The lowest BCUT2D eigenvalue weighted by Gasteiger charge is -2.20. The van der Waals surface area contributed by atoms with E-state index in [1.807, 2.05) is 12.2 Å². The fourth-order valence-corrected chi connectivity index (χ4v) is 2.13. The molecule has 0 amide bonds. The molecule has 2 aliphatic heterocycles. The van der Waals surface area contributed by atoms with E-state index < -0.39 is 0 Å². The van der Waals surface area contributed by atoms with Gasteiger partial charge in [0.2, 0.25) is 0 Å². The topological polar surface area (TPSA) is 46.5 Å². The Hall–Kier alpha value is -0.670. The predicted molar refractivity (Wildman–Crippen MR) is 42.5 cm³/mol. The van der Waals surface area contributed by atoms with Crippen LogP contribution in [0.5, 0.6) is 0 Å². The van der Waals surface area contributed by atoms with Crippen molar-refractivity contribution in [1.29, 1.82) is 0 Å². The third-order valence-electron chi connectivity index (χ3n) is 2.78. The molecule has 1 N–H and O–H groups in total. The van der Waals surface area contributed by atoms with Gasteiger partial charge in [0.1, 0.15) is 6.29 Å². The van der Waals surface area contributed by atoms with Gasteiger partial charge < -0.3 is 14.6 Å². The molecule has 3 heteroatoms. The second-order valence-corrected chi connectivity index (χ2v) is 3.36. The van der Waals surface area contributed by atoms with Crippen LogP contribution < -0.4 is 0 Å². The summed E-state index contributed by atoms with van der Waals surface area (Å²) in [5.74, 6) is 0.327. The van der Waals surface area contributed by atoms with Crippen LogP contribution in [0.3, 0.4) is 0 Å². The van der Waals surface area contributed by atoms with E-state index in [0.717, 1.165) is 6.29 Å². The third-order valence-corrected chi connectivity index (χ3v) is 2.78. The molecule has 0 aromatic carbocycles. The Balaban J connectivity index is 2.11. The van der Waals surface area contributed by atoms with E-state index in [2.05, 4.69) is 0 Å². The fourth-order valence-electron chi connectivity index (χ4n) is 2.13. The van der Waals surface area contributed by atoms with Crippen molar-refractivity contribution in [2.75, 3.05) is 6.61 Å². The van der Waals surface area contributed by atoms with Gasteiger partial charge in [-0.05, 0) is 0 Å². The highest BCUT2D eigenvalue weighted by atomic mass is 16.5. The maximum atomic E-state index is 10.3. The molecule has 0 saturated carbocycles. The monoisotopic (exact) mass is 168 g/mol. The Morgan fingerprint density at radius 1 is 1.33 bits per heavy atom. The van der Waals surface area contributed by atoms with Gasteiger partial charge in [-0.15, -0.1) is 0 Å². The van der Waals surface area contributed by atoms with Crippen molar-refractivity contribution in [2.24, 2.45) is 11.8 Å². The quantitative estimate of drug-likeness (QED) is 0.481. The minimum absolute atomic E-state index is 0.0462. The molecular formula is C9H12O3. The highest BCUT2D eigenvalue weighted by Gasteiger charge is 2.44. The summed E-state index contributed by atoms with van der Waals surface area (Å²) >= 11 is 0. The first-order valence-electron chi connectivity index (χ1n) is 4.25. The van der Waals surface area contributed by atoms with Crippen LogP contribution in [-0.2, 0) is 9.53 Å². The normalized spacial score (nSPS) is 43.8. The first-order chi connectivity index (χ1) is 5.86. The van der Waals surface area contributed by atoms with Crippen LogP contribution in [0.15, 0.2) is 12.2 Å². The van der Waals surface area contributed by atoms with Gasteiger partial charge in [-0.2, -0.15) is 0 Å². The maximum Gasteiger partial charge on any atom is 0.120 e. The van der Waals surface area contributed by atoms with E-state index in [1.165, 1.54) is 0 Å². The Labute approximate surface area is 71.0 Å². The largest absolute Gasteiger partial charge is 0.396 e. The summed E-state index contributed by atoms with van der Waals surface area (Å²) in [5.41, 5.74) is 0. The van der Waals surface area contributed by atoms with Gasteiger partial charge in [0.15, 0.2) is 0 Å². The van der Waals surface area contributed by atoms with Gasteiger partial charge in [-0.1, -0.05) is 12.2 Å². The van der Waals surface area contributed by atoms with Crippen molar-refractivity contribution < 1.29 is 14.6 Å². The van der Waals surface area contributed by atoms with Crippen molar-refractivity contribution in [3.63, 3.8) is 0 Å². The average Bonchev–Trinajstić information content (AvgIpc) is 2.64. The van der Waals surface area contributed by atoms with Gasteiger partial charge in [-0.3, -0.25) is 0 Å². The molecule has 0 aromatic heterocycles. The lowest BCUT2D eigenvalue weighted by molar-refractivity contribution is -0.109. The van der Waals surface area contributed by atoms with E-state index >= 15 is 0 Å². The predicted octanol–water partition coefficient (Wildman–Crippen LogP) is 0.137. The SMILES string of the molecule is O=CCC1C2C=CC(O2)C1CO. The fraction of sp³-hybridized carbons (Fsp3) is 0.667. The maximum absolute atomic E-state index is 10.3. The lowest BCUT2D eigenvalue weighted by Crippen LogP contribution is -2.27. The smallest absolute Gasteiger partial charge is 0.120 e. The van der Waals surface area contributed by atoms with Gasteiger partial charge >= 0.3 is 0 Å². The average molecular weight is 168 g/mol. The van der Waals surface area contributed by atoms with Crippen molar-refractivity contribution in [2.45, 2.75) is 18.6 Å².